The van der Waals surface area contributed by atoms with Crippen molar-refractivity contribution in [3.05, 3.63) is 83.6 Å². The first-order valence-corrected chi connectivity index (χ1v) is 14.9. The fourth-order valence-corrected chi connectivity index (χ4v) is 5.87. The molecule has 0 radical (unpaired) electrons. The molecule has 0 saturated heterocycles. The number of ketones is 1. The van der Waals surface area contributed by atoms with Gasteiger partial charge in [-0.15, -0.1) is 0 Å². The molecular weight excluding hydrogens is 524 g/mol. The van der Waals surface area contributed by atoms with Gasteiger partial charge in [0.15, 0.2) is 5.78 Å². The fraction of sp³-hybridized carbons (Fsp3) is 0.250. The maximum atomic E-state index is 13.3. The fourth-order valence-electron chi connectivity index (χ4n) is 5.05. The minimum Gasteiger partial charge on any atom is -0.454 e. The summed E-state index contributed by atoms with van der Waals surface area (Å²) in [5.74, 6) is 0.0754. The number of aromatic nitrogens is 1. The van der Waals surface area contributed by atoms with E-state index in [1.807, 2.05) is 58.0 Å². The van der Waals surface area contributed by atoms with Crippen molar-refractivity contribution in [3.63, 3.8) is 0 Å². The number of nitrogens with one attached hydrogen (secondary N) is 1. The highest BCUT2D eigenvalue weighted by atomic mass is 32.2. The predicted octanol–water partition coefficient (Wildman–Crippen LogP) is 6.82. The van der Waals surface area contributed by atoms with Crippen LogP contribution in [-0.2, 0) is 10.0 Å². The van der Waals surface area contributed by atoms with E-state index in [1.165, 1.54) is 10.2 Å². The Morgan fingerprint density at radius 1 is 0.950 bits per heavy atom. The summed E-state index contributed by atoms with van der Waals surface area (Å²) in [7, 11) is -2.13. The first-order valence-electron chi connectivity index (χ1n) is 13.0. The van der Waals surface area contributed by atoms with Crippen molar-refractivity contribution in [2.45, 2.75) is 34.1 Å². The first-order chi connectivity index (χ1) is 18.8. The summed E-state index contributed by atoms with van der Waals surface area (Å²) >= 11 is 0. The minimum atomic E-state index is -3.69. The second-order valence-electron chi connectivity index (χ2n) is 11.4. The number of furan rings is 1. The highest BCUT2D eigenvalue weighted by Crippen LogP contribution is 2.42. The Balaban J connectivity index is 1.86. The van der Waals surface area contributed by atoms with Gasteiger partial charge in [0.2, 0.25) is 10.0 Å². The Morgan fingerprint density at radius 3 is 2.27 bits per heavy atom. The smallest absolute Gasteiger partial charge is 0.255 e. The van der Waals surface area contributed by atoms with E-state index in [2.05, 4.69) is 5.32 Å². The van der Waals surface area contributed by atoms with Crippen molar-refractivity contribution in [1.29, 1.82) is 0 Å². The molecule has 2 heterocycles. The monoisotopic (exact) mass is 556 g/mol. The standard InChI is InChI=1S/C32H32N2O5S/c1-19-10-12-20(13-11-19)29-27(31(36)33-5)25-17-24(21-8-7-9-22(16-21)26(35)18-32(2,3)4)28-23(30(25)39-29)14-15-34(28)40(6,37)38/h7-17H,18H2,1-6H3,(H,33,36). The molecule has 5 aromatic rings. The average Bonchev–Trinajstić information content (AvgIpc) is 3.49. The summed E-state index contributed by atoms with van der Waals surface area (Å²) in [5, 5.41) is 3.82. The Bertz CT molecular complexity index is 1900. The molecule has 0 unspecified atom stereocenters. The van der Waals surface area contributed by atoms with Crippen molar-refractivity contribution in [2.24, 2.45) is 5.41 Å². The second-order valence-corrected chi connectivity index (χ2v) is 13.3. The topological polar surface area (TPSA) is 98.4 Å². The molecule has 7 nitrogen and oxygen atoms in total. The summed E-state index contributed by atoms with van der Waals surface area (Å²) in [6, 6.07) is 18.3. The lowest BCUT2D eigenvalue weighted by Gasteiger charge is -2.17. The van der Waals surface area contributed by atoms with Gasteiger partial charge >= 0.3 is 0 Å². The van der Waals surface area contributed by atoms with E-state index in [-0.39, 0.29) is 17.1 Å². The summed E-state index contributed by atoms with van der Waals surface area (Å²) in [6.07, 6.45) is 3.00. The molecule has 1 amide bonds. The number of hydrogen-bond acceptors (Lipinski definition) is 5. The van der Waals surface area contributed by atoms with Crippen LogP contribution >= 0.6 is 0 Å². The van der Waals surface area contributed by atoms with Crippen molar-refractivity contribution in [1.82, 2.24) is 9.29 Å². The molecule has 0 aliphatic heterocycles. The van der Waals surface area contributed by atoms with Gasteiger partial charge in [-0.25, -0.2) is 12.4 Å². The van der Waals surface area contributed by atoms with Gasteiger partial charge in [0.1, 0.15) is 11.3 Å². The molecule has 0 saturated carbocycles. The molecule has 1 N–H and O–H groups in total. The SMILES string of the molecule is CNC(=O)c1c(-c2ccc(C)cc2)oc2c1cc(-c1cccc(C(=O)CC(C)(C)C)c1)c1c2ccn1S(C)(=O)=O. The van der Waals surface area contributed by atoms with Crippen molar-refractivity contribution < 1.29 is 22.4 Å². The van der Waals surface area contributed by atoms with Crippen LogP contribution in [0, 0.1) is 12.3 Å². The third-order valence-electron chi connectivity index (χ3n) is 6.90. The van der Waals surface area contributed by atoms with Gasteiger partial charge in [0.05, 0.1) is 17.3 Å². The van der Waals surface area contributed by atoms with Crippen LogP contribution in [0.25, 0.3) is 44.3 Å². The van der Waals surface area contributed by atoms with Crippen LogP contribution in [0.4, 0.5) is 0 Å². The lowest BCUT2D eigenvalue weighted by molar-refractivity contribution is 0.0937. The van der Waals surface area contributed by atoms with Crippen molar-refractivity contribution in [2.75, 3.05) is 13.3 Å². The number of aryl methyl sites for hydroxylation is 1. The zero-order valence-corrected chi connectivity index (χ0v) is 24.3. The molecular formula is C32H32N2O5S. The van der Waals surface area contributed by atoms with Crippen molar-refractivity contribution in [3.8, 4) is 22.5 Å². The molecule has 206 valence electrons. The minimum absolute atomic E-state index is 0.00110. The van der Waals surface area contributed by atoms with Crippen LogP contribution in [0.5, 0.6) is 0 Å². The van der Waals surface area contributed by atoms with E-state index in [9.17, 15) is 18.0 Å². The highest BCUT2D eigenvalue weighted by molar-refractivity contribution is 7.89. The summed E-state index contributed by atoms with van der Waals surface area (Å²) in [5.41, 5.74) is 4.58. The van der Waals surface area contributed by atoms with Gasteiger partial charge in [-0.1, -0.05) is 68.8 Å². The van der Waals surface area contributed by atoms with Gasteiger partial charge in [0, 0.05) is 47.1 Å². The molecule has 3 aromatic carbocycles. The summed E-state index contributed by atoms with van der Waals surface area (Å²) in [4.78, 5) is 26.4. The number of carbonyl (C=O) groups excluding carboxylic acids is 2. The van der Waals surface area contributed by atoms with Gasteiger partial charge in [-0.3, -0.25) is 9.59 Å². The number of hydrogen-bond donors (Lipinski definition) is 1. The number of nitrogens with zero attached hydrogens (tertiary/aromatic N) is 1. The van der Waals surface area contributed by atoms with Crippen molar-refractivity contribution >= 4 is 43.6 Å². The largest absolute Gasteiger partial charge is 0.454 e. The molecule has 40 heavy (non-hydrogen) atoms. The van der Waals surface area contributed by atoms with Crippen LogP contribution in [0.1, 0.15) is 53.5 Å². The Kier molecular flexibility index (Phi) is 6.70. The molecule has 0 aliphatic carbocycles. The number of carbonyl (C=O) groups is 2. The van der Waals surface area contributed by atoms with Gasteiger partial charge in [-0.05, 0) is 36.1 Å². The van der Waals surface area contributed by atoms with Crippen LogP contribution in [0.15, 0.2) is 71.3 Å². The van der Waals surface area contributed by atoms with Crippen LogP contribution in [0.3, 0.4) is 0 Å². The van der Waals surface area contributed by atoms with Gasteiger partial charge in [0.25, 0.3) is 5.91 Å². The third kappa shape index (κ3) is 4.95. The number of Topliss-reactive ketones (excluding diaryl/α,β-unsaturated/α-hetero) is 1. The number of benzene rings is 3. The lowest BCUT2D eigenvalue weighted by atomic mass is 9.87. The molecule has 2 aromatic heterocycles. The third-order valence-corrected chi connectivity index (χ3v) is 7.92. The van der Waals surface area contributed by atoms with Crippen LogP contribution in [0.2, 0.25) is 0 Å². The zero-order valence-electron chi connectivity index (χ0n) is 23.5. The molecule has 0 spiro atoms. The molecule has 0 aliphatic rings. The first kappa shape index (κ1) is 27.4. The Hall–Kier alpha value is -4.17. The normalized spacial score (nSPS) is 12.2. The van der Waals surface area contributed by atoms with Gasteiger partial charge < -0.3 is 9.73 Å². The molecule has 0 atom stereocenters. The maximum Gasteiger partial charge on any atom is 0.255 e. The number of amides is 1. The van der Waals surface area contributed by atoms with Gasteiger partial charge in [-0.2, -0.15) is 0 Å². The summed E-state index contributed by atoms with van der Waals surface area (Å²) in [6.45, 7) is 8.01. The molecule has 8 heteroatoms. The van der Waals surface area contributed by atoms with E-state index >= 15 is 0 Å². The molecule has 0 bridgehead atoms. The lowest BCUT2D eigenvalue weighted by Crippen LogP contribution is -2.18. The molecule has 0 fully saturated rings. The second kappa shape index (κ2) is 9.78. The number of rotatable bonds is 6. The van der Waals surface area contributed by atoms with Crippen LogP contribution in [-0.4, -0.2) is 37.4 Å². The van der Waals surface area contributed by atoms with Crippen LogP contribution < -0.4 is 5.32 Å². The average molecular weight is 557 g/mol. The number of fused-ring (bicyclic) bond motifs is 3. The van der Waals surface area contributed by atoms with E-state index < -0.39 is 10.0 Å². The Morgan fingerprint density at radius 2 is 1.65 bits per heavy atom. The Labute approximate surface area is 233 Å². The maximum absolute atomic E-state index is 13.3. The van der Waals surface area contributed by atoms with E-state index in [1.54, 1.807) is 37.4 Å². The predicted molar refractivity (Wildman–Crippen MR) is 159 cm³/mol. The van der Waals surface area contributed by atoms with E-state index in [0.717, 1.165) is 17.4 Å². The van der Waals surface area contributed by atoms with E-state index in [4.69, 9.17) is 4.42 Å². The highest BCUT2D eigenvalue weighted by Gasteiger charge is 2.27. The van der Waals surface area contributed by atoms with E-state index in [0.29, 0.717) is 56.3 Å². The zero-order chi connectivity index (χ0) is 29.0. The quantitative estimate of drug-likeness (QED) is 0.232. The molecule has 5 rings (SSSR count). The summed E-state index contributed by atoms with van der Waals surface area (Å²) < 4.78 is 33.3.